The third-order valence-electron chi connectivity index (χ3n) is 4.86. The Bertz CT molecular complexity index is 810. The Kier molecular flexibility index (Phi) is 7.48. The fourth-order valence-corrected chi connectivity index (χ4v) is 3.44. The maximum absolute atomic E-state index is 11.4. The number of carbonyl (C=O) groups excluding carboxylic acids is 1. The van der Waals surface area contributed by atoms with Gasteiger partial charge in [0.15, 0.2) is 5.69 Å². The normalized spacial score (nSPS) is 14.5. The highest BCUT2D eigenvalue weighted by Gasteiger charge is 2.19. The number of benzene rings is 1. The molecule has 0 amide bonds. The van der Waals surface area contributed by atoms with Crippen LogP contribution in [-0.2, 0) is 4.74 Å². The van der Waals surface area contributed by atoms with Gasteiger partial charge in [-0.1, -0.05) is 11.6 Å². The maximum atomic E-state index is 11.4. The van der Waals surface area contributed by atoms with Crippen molar-refractivity contribution in [3.05, 3.63) is 41.3 Å². The second kappa shape index (κ2) is 10.3. The molecule has 8 nitrogen and oxygen atoms in total. The van der Waals surface area contributed by atoms with E-state index in [0.717, 1.165) is 62.1 Å². The highest BCUT2D eigenvalue weighted by molar-refractivity contribution is 6.30. The molecular weight excluding hydrogens is 394 g/mol. The predicted octanol–water partition coefficient (Wildman–Crippen LogP) is 2.55. The van der Waals surface area contributed by atoms with Crippen LogP contribution in [0.3, 0.4) is 0 Å². The van der Waals surface area contributed by atoms with E-state index in [9.17, 15) is 4.79 Å². The third-order valence-corrected chi connectivity index (χ3v) is 5.09. The minimum atomic E-state index is -0.487. The van der Waals surface area contributed by atoms with E-state index in [0.29, 0.717) is 5.82 Å². The Balaban J connectivity index is 1.39. The zero-order valence-corrected chi connectivity index (χ0v) is 17.5. The van der Waals surface area contributed by atoms with Crippen molar-refractivity contribution in [2.75, 3.05) is 63.7 Å². The third kappa shape index (κ3) is 5.71. The zero-order valence-electron chi connectivity index (χ0n) is 16.7. The number of hydrogen-bond acceptors (Lipinski definition) is 8. The Morgan fingerprint density at radius 2 is 1.97 bits per heavy atom. The Labute approximate surface area is 175 Å². The summed E-state index contributed by atoms with van der Waals surface area (Å²) >= 11 is 6.16. The molecule has 0 aliphatic carbocycles. The fraction of sp³-hybridized carbons (Fsp3) is 0.450. The molecule has 1 fully saturated rings. The minimum Gasteiger partial charge on any atom is -0.495 e. The van der Waals surface area contributed by atoms with Crippen molar-refractivity contribution < 1.29 is 14.3 Å². The largest absolute Gasteiger partial charge is 0.495 e. The molecule has 1 aliphatic heterocycles. The van der Waals surface area contributed by atoms with E-state index in [4.69, 9.17) is 16.3 Å². The molecule has 156 valence electrons. The molecule has 0 saturated carbocycles. The van der Waals surface area contributed by atoms with E-state index in [1.54, 1.807) is 13.3 Å². The standard InChI is InChI=1S/C20H26ClN5O3/c1-28-18-5-4-15(21)12-17(18)26-10-8-25(9-11-26)7-3-6-22-19-14-23-16(13-24-19)20(27)29-2/h4-5,12-14H,3,6-11H2,1-2H3,(H,22,24). The molecule has 0 radical (unpaired) electrons. The van der Waals surface area contributed by atoms with Crippen LogP contribution in [0.2, 0.25) is 5.02 Å². The Morgan fingerprint density at radius 3 is 2.62 bits per heavy atom. The van der Waals surface area contributed by atoms with Gasteiger partial charge in [-0.3, -0.25) is 4.90 Å². The predicted molar refractivity (Wildman–Crippen MR) is 113 cm³/mol. The summed E-state index contributed by atoms with van der Waals surface area (Å²) < 4.78 is 10.1. The smallest absolute Gasteiger partial charge is 0.358 e. The number of aromatic nitrogens is 2. The van der Waals surface area contributed by atoms with E-state index in [2.05, 4.69) is 29.8 Å². The van der Waals surface area contributed by atoms with Gasteiger partial charge in [-0.05, 0) is 31.2 Å². The van der Waals surface area contributed by atoms with Crippen LogP contribution in [-0.4, -0.2) is 74.3 Å². The Hall–Kier alpha value is -2.58. The van der Waals surface area contributed by atoms with Crippen molar-refractivity contribution in [2.24, 2.45) is 0 Å². The topological polar surface area (TPSA) is 79.8 Å². The van der Waals surface area contributed by atoms with Gasteiger partial charge in [0.1, 0.15) is 11.6 Å². The van der Waals surface area contributed by atoms with Crippen molar-refractivity contribution >= 4 is 29.1 Å². The second-order valence-corrected chi connectivity index (χ2v) is 7.14. The first-order valence-electron chi connectivity index (χ1n) is 9.56. The van der Waals surface area contributed by atoms with E-state index >= 15 is 0 Å². The second-order valence-electron chi connectivity index (χ2n) is 6.70. The van der Waals surface area contributed by atoms with Crippen LogP contribution in [0.1, 0.15) is 16.9 Å². The number of nitrogens with zero attached hydrogens (tertiary/aromatic N) is 4. The van der Waals surface area contributed by atoms with E-state index in [1.165, 1.54) is 13.3 Å². The van der Waals surface area contributed by atoms with Crippen LogP contribution < -0.4 is 15.0 Å². The van der Waals surface area contributed by atoms with Crippen molar-refractivity contribution in [3.8, 4) is 5.75 Å². The number of hydrogen-bond donors (Lipinski definition) is 1. The summed E-state index contributed by atoms with van der Waals surface area (Å²) in [6.45, 7) is 5.64. The van der Waals surface area contributed by atoms with E-state index in [1.807, 2.05) is 18.2 Å². The lowest BCUT2D eigenvalue weighted by molar-refractivity contribution is 0.0593. The maximum Gasteiger partial charge on any atom is 0.358 e. The molecule has 1 aromatic carbocycles. The SMILES string of the molecule is COC(=O)c1cnc(NCCCN2CCN(c3cc(Cl)ccc3OC)CC2)cn1. The average Bonchev–Trinajstić information content (AvgIpc) is 2.77. The number of piperazine rings is 1. The number of nitrogens with one attached hydrogen (secondary N) is 1. The molecule has 3 rings (SSSR count). The molecule has 2 heterocycles. The summed E-state index contributed by atoms with van der Waals surface area (Å²) in [5, 5.41) is 3.95. The van der Waals surface area contributed by atoms with Crippen molar-refractivity contribution in [3.63, 3.8) is 0 Å². The van der Waals surface area contributed by atoms with Gasteiger partial charge < -0.3 is 19.7 Å². The number of esters is 1. The molecule has 0 bridgehead atoms. The molecule has 2 aromatic rings. The first-order valence-corrected chi connectivity index (χ1v) is 9.93. The minimum absolute atomic E-state index is 0.201. The van der Waals surface area contributed by atoms with Crippen molar-refractivity contribution in [1.29, 1.82) is 0 Å². The first kappa shape index (κ1) is 21.1. The number of anilines is 2. The van der Waals surface area contributed by atoms with Crippen molar-refractivity contribution in [2.45, 2.75) is 6.42 Å². The lowest BCUT2D eigenvalue weighted by atomic mass is 10.2. The van der Waals surface area contributed by atoms with E-state index in [-0.39, 0.29) is 5.69 Å². The van der Waals surface area contributed by atoms with Gasteiger partial charge in [0.05, 0.1) is 32.3 Å². The van der Waals surface area contributed by atoms with Crippen LogP contribution in [0.5, 0.6) is 5.75 Å². The summed E-state index contributed by atoms with van der Waals surface area (Å²) in [6.07, 6.45) is 3.95. The quantitative estimate of drug-likeness (QED) is 0.516. The summed E-state index contributed by atoms with van der Waals surface area (Å²) in [5.41, 5.74) is 1.25. The molecule has 1 aromatic heterocycles. The highest BCUT2D eigenvalue weighted by atomic mass is 35.5. The number of ether oxygens (including phenoxy) is 2. The number of carbonyl (C=O) groups is 1. The molecule has 1 saturated heterocycles. The van der Waals surface area contributed by atoms with Gasteiger partial charge in [-0.15, -0.1) is 0 Å². The van der Waals surface area contributed by atoms with Crippen LogP contribution >= 0.6 is 11.6 Å². The van der Waals surface area contributed by atoms with Crippen LogP contribution in [0.15, 0.2) is 30.6 Å². The van der Waals surface area contributed by atoms with Gasteiger partial charge in [-0.2, -0.15) is 0 Å². The number of halogens is 1. The average molecular weight is 420 g/mol. The lowest BCUT2D eigenvalue weighted by Gasteiger charge is -2.36. The molecular formula is C20H26ClN5O3. The van der Waals surface area contributed by atoms with Gasteiger partial charge in [0.2, 0.25) is 0 Å². The lowest BCUT2D eigenvalue weighted by Crippen LogP contribution is -2.47. The summed E-state index contributed by atoms with van der Waals surface area (Å²) in [7, 11) is 3.00. The summed E-state index contributed by atoms with van der Waals surface area (Å²) in [4.78, 5) is 24.3. The van der Waals surface area contributed by atoms with E-state index < -0.39 is 5.97 Å². The van der Waals surface area contributed by atoms with Gasteiger partial charge in [-0.25, -0.2) is 14.8 Å². The fourth-order valence-electron chi connectivity index (χ4n) is 3.27. The zero-order chi connectivity index (χ0) is 20.6. The Morgan fingerprint density at radius 1 is 1.17 bits per heavy atom. The monoisotopic (exact) mass is 419 g/mol. The van der Waals surface area contributed by atoms with Gasteiger partial charge >= 0.3 is 5.97 Å². The van der Waals surface area contributed by atoms with Gasteiger partial charge in [0.25, 0.3) is 0 Å². The van der Waals surface area contributed by atoms with Crippen LogP contribution in [0, 0.1) is 0 Å². The summed E-state index contributed by atoms with van der Waals surface area (Å²) in [6, 6.07) is 5.73. The van der Waals surface area contributed by atoms with Crippen LogP contribution in [0.4, 0.5) is 11.5 Å². The van der Waals surface area contributed by atoms with Crippen molar-refractivity contribution in [1.82, 2.24) is 14.9 Å². The first-order chi connectivity index (χ1) is 14.1. The molecule has 1 N–H and O–H groups in total. The molecule has 1 aliphatic rings. The van der Waals surface area contributed by atoms with Crippen LogP contribution in [0.25, 0.3) is 0 Å². The highest BCUT2D eigenvalue weighted by Crippen LogP contribution is 2.31. The number of rotatable bonds is 8. The number of methoxy groups -OCH3 is 2. The molecule has 9 heteroatoms. The molecule has 29 heavy (non-hydrogen) atoms. The van der Waals surface area contributed by atoms with Gasteiger partial charge in [0, 0.05) is 37.7 Å². The molecule has 0 spiro atoms. The molecule has 0 unspecified atom stereocenters. The molecule has 0 atom stereocenters. The summed E-state index contributed by atoms with van der Waals surface area (Å²) in [5.74, 6) is 1.01.